The van der Waals surface area contributed by atoms with Crippen LogP contribution in [0, 0.1) is 23.7 Å². The topological polar surface area (TPSA) is 116 Å². The van der Waals surface area contributed by atoms with Crippen molar-refractivity contribution in [1.29, 1.82) is 0 Å². The minimum Gasteiger partial charge on any atom is -0.478 e. The van der Waals surface area contributed by atoms with E-state index in [2.05, 4.69) is 10.4 Å². The normalized spacial score (nSPS) is 29.5. The van der Waals surface area contributed by atoms with E-state index in [0.29, 0.717) is 28.7 Å². The molecule has 7 nitrogen and oxygen atoms in total. The van der Waals surface area contributed by atoms with Gasteiger partial charge in [0.2, 0.25) is 0 Å². The molecule has 0 atom stereocenters. The van der Waals surface area contributed by atoms with Crippen LogP contribution in [0.2, 0.25) is 0 Å². The summed E-state index contributed by atoms with van der Waals surface area (Å²) >= 11 is 1.77. The van der Waals surface area contributed by atoms with E-state index in [1.165, 1.54) is 51.4 Å². The van der Waals surface area contributed by atoms with Crippen LogP contribution in [-0.2, 0) is 0 Å². The number of nitrogens with one attached hydrogen (secondary N) is 1. The zero-order chi connectivity index (χ0) is 23.2. The van der Waals surface area contributed by atoms with Gasteiger partial charge in [-0.2, -0.15) is 5.10 Å². The predicted octanol–water partition coefficient (Wildman–Crippen LogP) is 4.73. The Balaban J connectivity index is 0.00000253. The maximum Gasteiger partial charge on any atom is 0.335 e. The zero-order valence-electron chi connectivity index (χ0n) is 20.0. The molecule has 5 aliphatic rings. The molecular weight excluding hydrogens is 462 g/mol. The van der Waals surface area contributed by atoms with E-state index in [-0.39, 0.29) is 16.9 Å². The van der Waals surface area contributed by atoms with Crippen molar-refractivity contribution in [3.63, 3.8) is 0 Å². The number of carbonyl (C=O) groups excluding carboxylic acids is 1. The summed E-state index contributed by atoms with van der Waals surface area (Å²) < 4.78 is 1.83. The van der Waals surface area contributed by atoms with E-state index in [1.807, 2.05) is 4.68 Å². The Kier molecular flexibility index (Phi) is 6.95. The molecular formula is C27H35N3O4S. The summed E-state index contributed by atoms with van der Waals surface area (Å²) in [6.07, 6.45) is 14.3. The molecule has 1 amide bonds. The molecule has 1 aromatic heterocycles. The number of carboxylic acid groups (broad SMARTS) is 1. The summed E-state index contributed by atoms with van der Waals surface area (Å²) in [6, 6.07) is 7.05. The van der Waals surface area contributed by atoms with Crippen LogP contribution in [0.4, 0.5) is 0 Å². The molecule has 2 aromatic rings. The van der Waals surface area contributed by atoms with Crippen molar-refractivity contribution >= 4 is 23.6 Å². The highest BCUT2D eigenvalue weighted by Gasteiger charge is 2.48. The fourth-order valence-electron chi connectivity index (χ4n) is 7.27. The molecule has 35 heavy (non-hydrogen) atoms. The number of carboxylic acids is 1. The second-order valence-corrected chi connectivity index (χ2v) is 12.2. The predicted molar refractivity (Wildman–Crippen MR) is 135 cm³/mol. The lowest BCUT2D eigenvalue weighted by Gasteiger charge is -2.54. The van der Waals surface area contributed by atoms with Gasteiger partial charge in [0.15, 0.2) is 0 Å². The Morgan fingerprint density at radius 1 is 0.943 bits per heavy atom. The lowest BCUT2D eigenvalue weighted by Crippen LogP contribution is -2.55. The van der Waals surface area contributed by atoms with E-state index in [0.717, 1.165) is 35.4 Å². The third-order valence-corrected chi connectivity index (χ3v) is 10.1. The van der Waals surface area contributed by atoms with E-state index < -0.39 is 5.97 Å². The molecule has 5 saturated carbocycles. The number of amides is 1. The summed E-state index contributed by atoms with van der Waals surface area (Å²) in [5.41, 5.74) is 1.70. The third-order valence-electron chi connectivity index (χ3n) is 8.68. The summed E-state index contributed by atoms with van der Waals surface area (Å²) in [4.78, 5) is 24.9. The first kappa shape index (κ1) is 24.4. The van der Waals surface area contributed by atoms with Crippen LogP contribution >= 0.6 is 11.8 Å². The average molecular weight is 498 g/mol. The number of hydrogen-bond donors (Lipinski definition) is 2. The molecule has 1 aromatic carbocycles. The first-order chi connectivity index (χ1) is 16.5. The number of benzene rings is 1. The van der Waals surface area contributed by atoms with Crippen molar-refractivity contribution < 1.29 is 20.2 Å². The lowest BCUT2D eigenvalue weighted by atomic mass is 9.54. The number of nitrogens with zero attached hydrogens (tertiary/aromatic N) is 2. The largest absolute Gasteiger partial charge is 0.478 e. The van der Waals surface area contributed by atoms with Crippen molar-refractivity contribution in [2.45, 2.75) is 80.5 Å². The van der Waals surface area contributed by atoms with E-state index in [4.69, 9.17) is 0 Å². The molecule has 0 spiro atoms. The van der Waals surface area contributed by atoms with Gasteiger partial charge in [0.1, 0.15) is 5.03 Å². The van der Waals surface area contributed by atoms with Gasteiger partial charge in [-0.3, -0.25) is 4.79 Å². The lowest BCUT2D eigenvalue weighted by molar-refractivity contribution is -0.0120. The second kappa shape index (κ2) is 9.97. The third kappa shape index (κ3) is 4.75. The smallest absolute Gasteiger partial charge is 0.335 e. The van der Waals surface area contributed by atoms with Crippen molar-refractivity contribution in [3.05, 3.63) is 41.6 Å². The molecule has 4 N–H and O–H groups in total. The molecule has 7 rings (SSSR count). The van der Waals surface area contributed by atoms with Crippen LogP contribution in [0.5, 0.6) is 0 Å². The summed E-state index contributed by atoms with van der Waals surface area (Å²) in [5.74, 6) is 2.08. The molecule has 0 aliphatic heterocycles. The molecule has 188 valence electrons. The molecule has 0 unspecified atom stereocenters. The molecule has 4 bridgehead atoms. The molecule has 1 heterocycles. The van der Waals surface area contributed by atoms with E-state index >= 15 is 0 Å². The van der Waals surface area contributed by atoms with Gasteiger partial charge >= 0.3 is 5.97 Å². The van der Waals surface area contributed by atoms with Gasteiger partial charge in [0.05, 0.1) is 23.0 Å². The van der Waals surface area contributed by atoms with Crippen LogP contribution in [0.3, 0.4) is 0 Å². The van der Waals surface area contributed by atoms with Gasteiger partial charge in [-0.15, -0.1) is 11.8 Å². The molecule has 0 saturated heterocycles. The quantitative estimate of drug-likeness (QED) is 0.599. The number of aromatic carboxylic acids is 1. The van der Waals surface area contributed by atoms with Crippen molar-refractivity contribution in [2.75, 3.05) is 0 Å². The van der Waals surface area contributed by atoms with Crippen LogP contribution < -0.4 is 5.32 Å². The van der Waals surface area contributed by atoms with Crippen LogP contribution in [-0.4, -0.2) is 43.5 Å². The highest BCUT2D eigenvalue weighted by atomic mass is 32.2. The second-order valence-electron chi connectivity index (χ2n) is 10.9. The fraction of sp³-hybridized carbons (Fsp3) is 0.593. The van der Waals surface area contributed by atoms with E-state index in [9.17, 15) is 14.7 Å². The van der Waals surface area contributed by atoms with Gasteiger partial charge in [-0.25, -0.2) is 9.48 Å². The Bertz CT molecular complexity index is 1050. The molecule has 5 aliphatic carbocycles. The Morgan fingerprint density at radius 3 is 2.17 bits per heavy atom. The number of aromatic nitrogens is 2. The van der Waals surface area contributed by atoms with Gasteiger partial charge in [0, 0.05) is 11.3 Å². The summed E-state index contributed by atoms with van der Waals surface area (Å²) in [5, 5.41) is 18.7. The average Bonchev–Trinajstić information content (AvgIpc) is 3.25. The van der Waals surface area contributed by atoms with Gasteiger partial charge in [0.25, 0.3) is 5.91 Å². The monoisotopic (exact) mass is 497 g/mol. The highest BCUT2D eigenvalue weighted by Crippen LogP contribution is 2.53. The van der Waals surface area contributed by atoms with Crippen LogP contribution in [0.15, 0.2) is 35.5 Å². The maximum absolute atomic E-state index is 13.6. The number of carbonyl (C=O) groups is 2. The highest BCUT2D eigenvalue weighted by molar-refractivity contribution is 8.00. The molecule has 5 fully saturated rings. The first-order valence-electron chi connectivity index (χ1n) is 12.9. The number of rotatable bonds is 6. The number of thioether (sulfide) groups is 1. The Labute approximate surface area is 210 Å². The first-order valence-corrected chi connectivity index (χ1v) is 13.8. The molecule has 0 radical (unpaired) electrons. The maximum atomic E-state index is 13.6. The molecule has 8 heteroatoms. The van der Waals surface area contributed by atoms with Crippen molar-refractivity contribution in [3.8, 4) is 5.69 Å². The van der Waals surface area contributed by atoms with E-state index in [1.54, 1.807) is 42.2 Å². The number of hydrogen-bond acceptors (Lipinski definition) is 4. The van der Waals surface area contributed by atoms with Crippen LogP contribution in [0.1, 0.15) is 84.9 Å². The van der Waals surface area contributed by atoms with Gasteiger partial charge < -0.3 is 15.9 Å². The Morgan fingerprint density at radius 2 is 1.57 bits per heavy atom. The Hall–Kier alpha value is -2.32. The zero-order valence-corrected chi connectivity index (χ0v) is 20.8. The minimum atomic E-state index is -0.945. The fourth-order valence-corrected chi connectivity index (χ4v) is 8.68. The van der Waals surface area contributed by atoms with Crippen molar-refractivity contribution in [1.82, 2.24) is 15.1 Å². The van der Waals surface area contributed by atoms with Crippen molar-refractivity contribution in [2.24, 2.45) is 23.7 Å². The summed E-state index contributed by atoms with van der Waals surface area (Å²) in [6.45, 7) is 0. The summed E-state index contributed by atoms with van der Waals surface area (Å²) in [7, 11) is 0. The van der Waals surface area contributed by atoms with Gasteiger partial charge in [-0.1, -0.05) is 19.3 Å². The standard InChI is InChI=1S/C27H33N3O3S.H2O/c31-25(29-24-19-11-16-10-17(13-19)14-20(24)12-16)23-15-28-30(21-8-6-18(7-9-21)27(32)33)26(23)34-22-4-2-1-3-5-22;/h6-9,15-17,19-20,22,24H,1-5,10-14H2,(H,29,31)(H,32,33);1H2. The van der Waals surface area contributed by atoms with Gasteiger partial charge in [-0.05, 0) is 92.9 Å². The minimum absolute atomic E-state index is 0. The van der Waals surface area contributed by atoms with Crippen LogP contribution in [0.25, 0.3) is 5.69 Å². The SMILES string of the molecule is O.O=C(O)c1ccc(-n2ncc(C(=O)NC3C4CC5CC(C4)CC3C5)c2SC2CCCCC2)cc1.